The first-order chi connectivity index (χ1) is 15.4. The van der Waals surface area contributed by atoms with Crippen molar-refractivity contribution < 1.29 is 22.8 Å². The normalized spacial score (nSPS) is 11.6. The largest absolute Gasteiger partial charge is 0.508 e. The van der Waals surface area contributed by atoms with Crippen LogP contribution in [0.1, 0.15) is 89.5 Å². The van der Waals surface area contributed by atoms with Gasteiger partial charge >= 0.3 is 0 Å². The van der Waals surface area contributed by atoms with Gasteiger partial charge in [-0.3, -0.25) is 4.55 Å². The second-order valence-corrected chi connectivity index (χ2v) is 9.95. The minimum atomic E-state index is -4.29. The van der Waals surface area contributed by atoms with Crippen LogP contribution >= 0.6 is 0 Å². The maximum absolute atomic E-state index is 11.3. The number of hydrogen-bond acceptors (Lipinski definition) is 4. The van der Waals surface area contributed by atoms with Crippen molar-refractivity contribution in [3.8, 4) is 17.2 Å². The van der Waals surface area contributed by atoms with Crippen LogP contribution in [0.15, 0.2) is 47.4 Å². The van der Waals surface area contributed by atoms with Crippen molar-refractivity contribution in [2.45, 2.75) is 95.3 Å². The van der Waals surface area contributed by atoms with E-state index >= 15 is 0 Å². The number of phenols is 1. The standard InChI is InChI=1S/C26H38O5S/c1-2-3-4-5-6-7-8-9-10-11-12-13-15-22-18-23(27)20-25(19-22)31-24-16-14-17-26(21-24)32(28,29)30/h14,16-21,27H,2-13,15H2,1H3,(H,28,29,30). The quantitative estimate of drug-likeness (QED) is 0.197. The molecule has 0 aromatic heterocycles. The van der Waals surface area contributed by atoms with E-state index in [0.717, 1.165) is 18.4 Å². The van der Waals surface area contributed by atoms with Gasteiger partial charge in [-0.25, -0.2) is 0 Å². The molecular weight excluding hydrogens is 424 g/mol. The number of unbranched alkanes of at least 4 members (excludes halogenated alkanes) is 11. The Morgan fingerprint density at radius 1 is 0.750 bits per heavy atom. The Hall–Kier alpha value is -2.05. The smallest absolute Gasteiger partial charge is 0.294 e. The average molecular weight is 463 g/mol. The van der Waals surface area contributed by atoms with Crippen molar-refractivity contribution >= 4 is 10.1 Å². The maximum Gasteiger partial charge on any atom is 0.294 e. The van der Waals surface area contributed by atoms with Gasteiger partial charge in [0.2, 0.25) is 0 Å². The Kier molecular flexibility index (Phi) is 11.6. The molecule has 0 heterocycles. The lowest BCUT2D eigenvalue weighted by Gasteiger charge is -2.10. The highest BCUT2D eigenvalue weighted by atomic mass is 32.2. The summed E-state index contributed by atoms with van der Waals surface area (Å²) >= 11 is 0. The third-order valence-electron chi connectivity index (χ3n) is 5.61. The molecule has 32 heavy (non-hydrogen) atoms. The zero-order valence-corrected chi connectivity index (χ0v) is 20.1. The molecule has 0 fully saturated rings. The van der Waals surface area contributed by atoms with E-state index in [-0.39, 0.29) is 16.4 Å². The summed E-state index contributed by atoms with van der Waals surface area (Å²) in [6, 6.07) is 10.7. The van der Waals surface area contributed by atoms with Crippen LogP contribution in [0.2, 0.25) is 0 Å². The van der Waals surface area contributed by atoms with E-state index in [1.807, 2.05) is 6.07 Å². The lowest BCUT2D eigenvalue weighted by Crippen LogP contribution is -1.98. The molecule has 0 saturated carbocycles. The van der Waals surface area contributed by atoms with Gasteiger partial charge in [0.15, 0.2) is 0 Å². The Morgan fingerprint density at radius 3 is 1.94 bits per heavy atom. The van der Waals surface area contributed by atoms with Crippen molar-refractivity contribution in [2.24, 2.45) is 0 Å². The predicted octanol–water partition coefficient (Wildman–Crippen LogP) is 7.67. The number of phenolic OH excluding ortho intramolecular Hbond substituents is 1. The lowest BCUT2D eigenvalue weighted by molar-refractivity contribution is 0.451. The second kappa shape index (κ2) is 14.2. The Morgan fingerprint density at radius 2 is 1.34 bits per heavy atom. The van der Waals surface area contributed by atoms with E-state index in [4.69, 9.17) is 4.74 Å². The van der Waals surface area contributed by atoms with Crippen LogP contribution in [0.4, 0.5) is 0 Å². The van der Waals surface area contributed by atoms with Crippen LogP contribution < -0.4 is 4.74 Å². The number of rotatable bonds is 16. The molecule has 0 aliphatic rings. The van der Waals surface area contributed by atoms with Crippen molar-refractivity contribution in [3.05, 3.63) is 48.0 Å². The summed E-state index contributed by atoms with van der Waals surface area (Å²) in [7, 11) is -4.29. The molecule has 0 aliphatic heterocycles. The van der Waals surface area contributed by atoms with Gasteiger partial charge < -0.3 is 9.84 Å². The summed E-state index contributed by atoms with van der Waals surface area (Å²) in [5, 5.41) is 10.0. The van der Waals surface area contributed by atoms with Crippen molar-refractivity contribution in [2.75, 3.05) is 0 Å². The fourth-order valence-corrected chi connectivity index (χ4v) is 4.37. The third-order valence-corrected chi connectivity index (χ3v) is 6.46. The highest BCUT2D eigenvalue weighted by Crippen LogP contribution is 2.29. The van der Waals surface area contributed by atoms with Crippen LogP contribution in [0, 0.1) is 0 Å². The Bertz CT molecular complexity index is 908. The number of benzene rings is 2. The average Bonchev–Trinajstić information content (AvgIpc) is 2.74. The van der Waals surface area contributed by atoms with Crippen molar-refractivity contribution in [3.63, 3.8) is 0 Å². The fourth-order valence-electron chi connectivity index (χ4n) is 3.85. The summed E-state index contributed by atoms with van der Waals surface area (Å²) in [5.41, 5.74) is 0.984. The summed E-state index contributed by atoms with van der Waals surface area (Å²) in [4.78, 5) is -0.230. The summed E-state index contributed by atoms with van der Waals surface area (Å²) in [5.74, 6) is 0.829. The molecule has 0 unspecified atom stereocenters. The molecule has 6 heteroatoms. The minimum absolute atomic E-state index is 0.113. The Labute approximate surface area is 193 Å². The maximum atomic E-state index is 11.3. The van der Waals surface area contributed by atoms with Crippen LogP contribution in [-0.2, 0) is 16.5 Å². The first kappa shape index (κ1) is 26.2. The molecule has 2 N–H and O–H groups in total. The van der Waals surface area contributed by atoms with E-state index in [1.54, 1.807) is 12.1 Å². The van der Waals surface area contributed by atoms with E-state index in [2.05, 4.69) is 6.92 Å². The lowest BCUT2D eigenvalue weighted by atomic mass is 10.0. The zero-order valence-electron chi connectivity index (χ0n) is 19.3. The molecule has 0 spiro atoms. The third kappa shape index (κ3) is 10.5. The number of hydrogen-bond donors (Lipinski definition) is 2. The second-order valence-electron chi connectivity index (χ2n) is 8.53. The van der Waals surface area contributed by atoms with Crippen LogP contribution in [0.25, 0.3) is 0 Å². The monoisotopic (exact) mass is 462 g/mol. The SMILES string of the molecule is CCCCCCCCCCCCCCc1cc(O)cc(Oc2cccc(S(=O)(=O)O)c2)c1. The van der Waals surface area contributed by atoms with Gasteiger partial charge in [-0.1, -0.05) is 83.6 Å². The Balaban J connectivity index is 1.70. The molecule has 0 atom stereocenters. The van der Waals surface area contributed by atoms with Crippen LogP contribution in [0.3, 0.4) is 0 Å². The van der Waals surface area contributed by atoms with Gasteiger partial charge in [0, 0.05) is 12.1 Å². The van der Waals surface area contributed by atoms with Crippen LogP contribution in [0.5, 0.6) is 17.2 Å². The van der Waals surface area contributed by atoms with Gasteiger partial charge in [0.05, 0.1) is 4.90 Å². The molecule has 0 aliphatic carbocycles. The van der Waals surface area contributed by atoms with E-state index in [1.165, 1.54) is 94.9 Å². The molecule has 0 radical (unpaired) electrons. The molecule has 0 bridgehead atoms. The van der Waals surface area contributed by atoms with E-state index in [9.17, 15) is 18.1 Å². The molecule has 2 aromatic carbocycles. The number of aryl methyl sites for hydroxylation is 1. The highest BCUT2D eigenvalue weighted by molar-refractivity contribution is 7.85. The van der Waals surface area contributed by atoms with Gasteiger partial charge in [-0.2, -0.15) is 8.42 Å². The molecular formula is C26H38O5S. The van der Waals surface area contributed by atoms with Gasteiger partial charge in [0.25, 0.3) is 10.1 Å². The van der Waals surface area contributed by atoms with E-state index < -0.39 is 10.1 Å². The van der Waals surface area contributed by atoms with Crippen molar-refractivity contribution in [1.82, 2.24) is 0 Å². The van der Waals surface area contributed by atoms with Crippen molar-refractivity contribution in [1.29, 1.82) is 0 Å². The molecule has 2 rings (SSSR count). The van der Waals surface area contributed by atoms with Gasteiger partial charge in [-0.15, -0.1) is 0 Å². The highest BCUT2D eigenvalue weighted by Gasteiger charge is 2.11. The topological polar surface area (TPSA) is 83.8 Å². The van der Waals surface area contributed by atoms with E-state index in [0.29, 0.717) is 5.75 Å². The first-order valence-corrected chi connectivity index (χ1v) is 13.4. The first-order valence-electron chi connectivity index (χ1n) is 12.0. The fraction of sp³-hybridized carbons (Fsp3) is 0.538. The minimum Gasteiger partial charge on any atom is -0.508 e. The zero-order chi connectivity index (χ0) is 23.2. The molecule has 0 saturated heterocycles. The summed E-state index contributed by atoms with van der Waals surface area (Å²) in [6.45, 7) is 2.25. The number of ether oxygens (including phenoxy) is 1. The number of aromatic hydroxyl groups is 1. The molecule has 2 aromatic rings. The predicted molar refractivity (Wildman–Crippen MR) is 129 cm³/mol. The van der Waals surface area contributed by atoms with Gasteiger partial charge in [-0.05, 0) is 42.7 Å². The summed E-state index contributed by atoms with van der Waals surface area (Å²) < 4.78 is 37.5. The molecule has 5 nitrogen and oxygen atoms in total. The molecule has 178 valence electrons. The van der Waals surface area contributed by atoms with Crippen LogP contribution in [-0.4, -0.2) is 18.1 Å². The van der Waals surface area contributed by atoms with Gasteiger partial charge in [0.1, 0.15) is 17.2 Å². The summed E-state index contributed by atoms with van der Waals surface area (Å²) in [6.07, 6.45) is 16.4. The molecule has 0 amide bonds.